The van der Waals surface area contributed by atoms with Gasteiger partial charge in [-0.1, -0.05) is 23.5 Å². The number of urea groups is 1. The first kappa shape index (κ1) is 20.1. The van der Waals surface area contributed by atoms with Gasteiger partial charge in [0, 0.05) is 31.4 Å². The largest absolute Gasteiger partial charge is 0.497 e. The van der Waals surface area contributed by atoms with E-state index in [9.17, 15) is 9.59 Å². The summed E-state index contributed by atoms with van der Waals surface area (Å²) in [4.78, 5) is 33.6. The zero-order valence-corrected chi connectivity index (χ0v) is 18.1. The third-order valence-electron chi connectivity index (χ3n) is 5.21. The average Bonchev–Trinajstić information content (AvgIpc) is 3.55. The molecular weight excluding hydrogens is 432 g/mol. The molecule has 3 heterocycles. The minimum atomic E-state index is -0.297. The van der Waals surface area contributed by atoms with E-state index in [-0.39, 0.29) is 18.7 Å². The molecule has 3 aromatic rings. The molecule has 0 bridgehead atoms. The second kappa shape index (κ2) is 8.39. The lowest BCUT2D eigenvalue weighted by molar-refractivity contribution is 0.103. The van der Waals surface area contributed by atoms with Gasteiger partial charge in [-0.05, 0) is 29.8 Å². The molecule has 2 aliphatic heterocycles. The van der Waals surface area contributed by atoms with Crippen molar-refractivity contribution in [2.24, 2.45) is 0 Å². The van der Waals surface area contributed by atoms with Crippen molar-refractivity contribution in [1.82, 2.24) is 9.88 Å². The van der Waals surface area contributed by atoms with Crippen LogP contribution >= 0.6 is 11.3 Å². The SMILES string of the molecule is COc1ccc(CN2CCN(c3ncc(C(=O)Nc4ccc5c(c4)OCO5)s3)C2=O)cc1. The van der Waals surface area contributed by atoms with E-state index in [1.165, 1.54) is 17.5 Å². The molecule has 164 valence electrons. The van der Waals surface area contributed by atoms with E-state index < -0.39 is 0 Å². The summed E-state index contributed by atoms with van der Waals surface area (Å²) in [6, 6.07) is 12.7. The van der Waals surface area contributed by atoms with E-state index in [4.69, 9.17) is 14.2 Å². The van der Waals surface area contributed by atoms with Gasteiger partial charge in [0.25, 0.3) is 5.91 Å². The monoisotopic (exact) mass is 452 g/mol. The maximum Gasteiger partial charge on any atom is 0.326 e. The van der Waals surface area contributed by atoms with Crippen molar-refractivity contribution in [1.29, 1.82) is 0 Å². The van der Waals surface area contributed by atoms with Crippen LogP contribution in [0.1, 0.15) is 15.2 Å². The predicted octanol–water partition coefficient (Wildman–Crippen LogP) is 3.57. The highest BCUT2D eigenvalue weighted by Crippen LogP contribution is 2.34. The second-order valence-corrected chi connectivity index (χ2v) is 8.24. The number of nitrogens with one attached hydrogen (secondary N) is 1. The van der Waals surface area contributed by atoms with Crippen molar-refractivity contribution >= 4 is 34.1 Å². The molecule has 2 aliphatic rings. The first-order chi connectivity index (χ1) is 15.6. The fourth-order valence-corrected chi connectivity index (χ4v) is 4.35. The van der Waals surface area contributed by atoms with Crippen LogP contribution in [-0.2, 0) is 6.54 Å². The Balaban J connectivity index is 1.23. The molecular formula is C22H20N4O5S. The Kier molecular flexibility index (Phi) is 5.28. The van der Waals surface area contributed by atoms with Crippen molar-refractivity contribution in [3.05, 3.63) is 59.1 Å². The molecule has 3 amide bonds. The number of benzene rings is 2. The molecule has 5 rings (SSSR count). The van der Waals surface area contributed by atoms with Crippen LogP contribution in [0.4, 0.5) is 15.6 Å². The van der Waals surface area contributed by atoms with Gasteiger partial charge in [0.05, 0.1) is 13.3 Å². The summed E-state index contributed by atoms with van der Waals surface area (Å²) in [5.74, 6) is 1.72. The van der Waals surface area contributed by atoms with Crippen molar-refractivity contribution in [3.8, 4) is 17.2 Å². The molecule has 10 heteroatoms. The molecule has 1 fully saturated rings. The Labute approximate surface area is 188 Å². The fraction of sp³-hybridized carbons (Fsp3) is 0.227. The van der Waals surface area contributed by atoms with Crippen LogP contribution in [0.3, 0.4) is 0 Å². The van der Waals surface area contributed by atoms with Crippen molar-refractivity contribution < 1.29 is 23.8 Å². The van der Waals surface area contributed by atoms with Crippen LogP contribution in [-0.4, -0.2) is 48.8 Å². The molecule has 0 saturated carbocycles. The summed E-state index contributed by atoms with van der Waals surface area (Å²) < 4.78 is 15.8. The van der Waals surface area contributed by atoms with Gasteiger partial charge in [-0.15, -0.1) is 0 Å². The van der Waals surface area contributed by atoms with E-state index in [0.29, 0.717) is 46.8 Å². The van der Waals surface area contributed by atoms with Gasteiger partial charge in [-0.3, -0.25) is 9.69 Å². The number of nitrogens with zero attached hydrogens (tertiary/aromatic N) is 3. The number of carbonyl (C=O) groups is 2. The summed E-state index contributed by atoms with van der Waals surface area (Å²) in [5, 5.41) is 3.33. The molecule has 1 saturated heterocycles. The number of hydrogen-bond donors (Lipinski definition) is 1. The Morgan fingerprint density at radius 2 is 1.97 bits per heavy atom. The van der Waals surface area contributed by atoms with Crippen LogP contribution in [0.5, 0.6) is 17.2 Å². The Morgan fingerprint density at radius 3 is 2.78 bits per heavy atom. The summed E-state index contributed by atoms with van der Waals surface area (Å²) in [5.41, 5.74) is 1.61. The van der Waals surface area contributed by atoms with Crippen molar-refractivity contribution in [3.63, 3.8) is 0 Å². The number of rotatable bonds is 6. The van der Waals surface area contributed by atoms with Gasteiger partial charge in [0.2, 0.25) is 6.79 Å². The quantitative estimate of drug-likeness (QED) is 0.615. The minimum Gasteiger partial charge on any atom is -0.497 e. The third kappa shape index (κ3) is 3.92. The molecule has 0 atom stereocenters. The van der Waals surface area contributed by atoms with Crippen LogP contribution < -0.4 is 24.4 Å². The molecule has 0 spiro atoms. The van der Waals surface area contributed by atoms with E-state index in [1.807, 2.05) is 24.3 Å². The molecule has 0 unspecified atom stereocenters. The standard InChI is InChI=1S/C22H20N4O5S/c1-29-16-5-2-14(3-6-16)12-25-8-9-26(22(25)28)21-23-11-19(32-21)20(27)24-15-4-7-17-18(10-15)31-13-30-17/h2-7,10-11H,8-9,12-13H2,1H3,(H,24,27). The molecule has 2 aromatic carbocycles. The zero-order chi connectivity index (χ0) is 22.1. The lowest BCUT2D eigenvalue weighted by atomic mass is 10.2. The highest BCUT2D eigenvalue weighted by atomic mass is 32.1. The summed E-state index contributed by atoms with van der Waals surface area (Å²) in [7, 11) is 1.62. The number of carbonyl (C=O) groups excluding carboxylic acids is 2. The smallest absolute Gasteiger partial charge is 0.326 e. The normalized spacial score (nSPS) is 14.7. The highest BCUT2D eigenvalue weighted by molar-refractivity contribution is 7.17. The molecule has 0 radical (unpaired) electrons. The topological polar surface area (TPSA) is 93.2 Å². The Hall–Kier alpha value is -3.79. The first-order valence-electron chi connectivity index (χ1n) is 9.97. The van der Waals surface area contributed by atoms with E-state index in [0.717, 1.165) is 11.3 Å². The number of ether oxygens (including phenoxy) is 3. The lowest BCUT2D eigenvalue weighted by Gasteiger charge is -2.17. The van der Waals surface area contributed by atoms with Crippen LogP contribution in [0, 0.1) is 0 Å². The molecule has 1 N–H and O–H groups in total. The van der Waals surface area contributed by atoms with Crippen LogP contribution in [0.2, 0.25) is 0 Å². The number of hydrogen-bond acceptors (Lipinski definition) is 7. The van der Waals surface area contributed by atoms with Crippen molar-refractivity contribution in [2.75, 3.05) is 37.2 Å². The first-order valence-corrected chi connectivity index (χ1v) is 10.8. The minimum absolute atomic E-state index is 0.127. The maximum absolute atomic E-state index is 12.9. The third-order valence-corrected chi connectivity index (χ3v) is 6.23. The number of aromatic nitrogens is 1. The molecule has 32 heavy (non-hydrogen) atoms. The highest BCUT2D eigenvalue weighted by Gasteiger charge is 2.32. The predicted molar refractivity (Wildman–Crippen MR) is 119 cm³/mol. The lowest BCUT2D eigenvalue weighted by Crippen LogP contribution is -2.31. The summed E-state index contributed by atoms with van der Waals surface area (Å²) in [6.45, 7) is 1.78. The number of methoxy groups -OCH3 is 1. The molecule has 1 aromatic heterocycles. The van der Waals surface area contributed by atoms with E-state index >= 15 is 0 Å². The zero-order valence-electron chi connectivity index (χ0n) is 17.2. The fourth-order valence-electron chi connectivity index (χ4n) is 3.52. The van der Waals surface area contributed by atoms with Gasteiger partial charge in [0.1, 0.15) is 10.6 Å². The molecule has 0 aliphatic carbocycles. The maximum atomic E-state index is 12.9. The Morgan fingerprint density at radius 1 is 1.16 bits per heavy atom. The number of amides is 3. The summed E-state index contributed by atoms with van der Waals surface area (Å²) >= 11 is 1.18. The van der Waals surface area contributed by atoms with Gasteiger partial charge >= 0.3 is 6.03 Å². The number of thiazole rings is 1. The van der Waals surface area contributed by atoms with Gasteiger partial charge < -0.3 is 24.4 Å². The van der Waals surface area contributed by atoms with E-state index in [2.05, 4.69) is 10.3 Å². The van der Waals surface area contributed by atoms with Gasteiger partial charge in [0.15, 0.2) is 16.6 Å². The summed E-state index contributed by atoms with van der Waals surface area (Å²) in [6.07, 6.45) is 1.49. The average molecular weight is 452 g/mol. The Bertz CT molecular complexity index is 1160. The van der Waals surface area contributed by atoms with E-state index in [1.54, 1.807) is 35.1 Å². The van der Waals surface area contributed by atoms with Gasteiger partial charge in [-0.25, -0.2) is 9.78 Å². The number of fused-ring (bicyclic) bond motifs is 1. The van der Waals surface area contributed by atoms with Gasteiger partial charge in [-0.2, -0.15) is 0 Å². The molecule has 9 nitrogen and oxygen atoms in total. The number of anilines is 2. The van der Waals surface area contributed by atoms with Crippen molar-refractivity contribution in [2.45, 2.75) is 6.54 Å². The second-order valence-electron chi connectivity index (χ2n) is 7.23. The van der Waals surface area contributed by atoms with Crippen LogP contribution in [0.15, 0.2) is 48.7 Å². The van der Waals surface area contributed by atoms with Crippen LogP contribution in [0.25, 0.3) is 0 Å².